The third-order valence-electron chi connectivity index (χ3n) is 4.36. The highest BCUT2D eigenvalue weighted by Crippen LogP contribution is 2.33. The number of fused-ring (bicyclic) bond motifs is 5. The van der Waals surface area contributed by atoms with E-state index in [2.05, 4.69) is 36.4 Å². The van der Waals surface area contributed by atoms with Crippen molar-refractivity contribution in [2.45, 2.75) is 13.2 Å². The van der Waals surface area contributed by atoms with Crippen LogP contribution in [0, 0.1) is 0 Å². The highest BCUT2D eigenvalue weighted by molar-refractivity contribution is 6.18. The normalized spacial score (nSPS) is 11.5. The molecule has 0 aliphatic rings. The first kappa shape index (κ1) is 13.3. The van der Waals surface area contributed by atoms with E-state index in [4.69, 9.17) is 0 Å². The molecule has 0 saturated carbocycles. The first-order valence-electron chi connectivity index (χ1n) is 7.39. The molecule has 0 fully saturated rings. The Balaban J connectivity index is 2.17. The maximum Gasteiger partial charge on any atom is 0.0688 e. The molecule has 0 aliphatic carbocycles. The Morgan fingerprint density at radius 2 is 1.41 bits per heavy atom. The van der Waals surface area contributed by atoms with Gasteiger partial charge in [-0.15, -0.1) is 0 Å². The summed E-state index contributed by atoms with van der Waals surface area (Å²) in [5.41, 5.74) is 1.87. The average Bonchev–Trinajstić information content (AvgIpc) is 2.59. The van der Waals surface area contributed by atoms with E-state index in [9.17, 15) is 10.2 Å². The topological polar surface area (TPSA) is 40.5 Å². The van der Waals surface area contributed by atoms with Gasteiger partial charge in [0.1, 0.15) is 0 Å². The number of hydrogen-bond acceptors (Lipinski definition) is 2. The number of benzene rings is 4. The highest BCUT2D eigenvalue weighted by Gasteiger charge is 2.08. The van der Waals surface area contributed by atoms with Crippen LogP contribution in [0.15, 0.2) is 60.7 Å². The van der Waals surface area contributed by atoms with Crippen LogP contribution in [0.4, 0.5) is 0 Å². The first-order valence-corrected chi connectivity index (χ1v) is 7.39. The van der Waals surface area contributed by atoms with Crippen molar-refractivity contribution in [3.63, 3.8) is 0 Å². The summed E-state index contributed by atoms with van der Waals surface area (Å²) in [6.07, 6.45) is 0. The number of hydrogen-bond donors (Lipinski definition) is 2. The Labute approximate surface area is 128 Å². The van der Waals surface area contributed by atoms with Crippen LogP contribution >= 0.6 is 0 Å². The van der Waals surface area contributed by atoms with Crippen molar-refractivity contribution in [3.05, 3.63) is 71.8 Å². The zero-order chi connectivity index (χ0) is 15.1. The van der Waals surface area contributed by atoms with Gasteiger partial charge in [0.2, 0.25) is 0 Å². The van der Waals surface area contributed by atoms with E-state index < -0.39 is 0 Å². The minimum absolute atomic E-state index is 0.0396. The summed E-state index contributed by atoms with van der Waals surface area (Å²) >= 11 is 0. The lowest BCUT2D eigenvalue weighted by atomic mass is 9.94. The molecule has 0 spiro atoms. The molecule has 2 nitrogen and oxygen atoms in total. The quantitative estimate of drug-likeness (QED) is 0.544. The molecular weight excluding hydrogens is 272 g/mol. The molecular formula is C20H16O2. The van der Waals surface area contributed by atoms with Gasteiger partial charge >= 0.3 is 0 Å². The van der Waals surface area contributed by atoms with Gasteiger partial charge in [-0.25, -0.2) is 0 Å². The van der Waals surface area contributed by atoms with Crippen LogP contribution in [0.2, 0.25) is 0 Å². The van der Waals surface area contributed by atoms with Crippen LogP contribution in [-0.2, 0) is 13.2 Å². The predicted octanol–water partition coefficient (Wildman–Crippen LogP) is 4.13. The van der Waals surface area contributed by atoms with E-state index in [0.29, 0.717) is 0 Å². The van der Waals surface area contributed by atoms with Crippen LogP contribution in [0.1, 0.15) is 11.1 Å². The van der Waals surface area contributed by atoms with E-state index in [-0.39, 0.29) is 13.2 Å². The van der Waals surface area contributed by atoms with E-state index in [0.717, 1.165) is 32.7 Å². The number of aliphatic hydroxyl groups is 2. The first-order chi connectivity index (χ1) is 10.8. The van der Waals surface area contributed by atoms with Gasteiger partial charge in [-0.2, -0.15) is 0 Å². The molecule has 108 valence electrons. The zero-order valence-electron chi connectivity index (χ0n) is 12.1. The largest absolute Gasteiger partial charge is 0.392 e. The molecule has 2 heteroatoms. The second-order valence-electron chi connectivity index (χ2n) is 5.61. The lowest BCUT2D eigenvalue weighted by Crippen LogP contribution is -1.89. The smallest absolute Gasteiger partial charge is 0.0688 e. The highest BCUT2D eigenvalue weighted by atomic mass is 16.3. The summed E-state index contributed by atoms with van der Waals surface area (Å²) in [5, 5.41) is 25.8. The fraction of sp³-hybridized carbons (Fsp3) is 0.100. The Kier molecular flexibility index (Phi) is 3.07. The van der Waals surface area contributed by atoms with Crippen molar-refractivity contribution < 1.29 is 10.2 Å². The predicted molar refractivity (Wildman–Crippen MR) is 90.8 cm³/mol. The fourth-order valence-corrected chi connectivity index (χ4v) is 3.29. The summed E-state index contributed by atoms with van der Waals surface area (Å²) in [5.74, 6) is 0. The molecule has 0 radical (unpaired) electrons. The molecule has 0 amide bonds. The lowest BCUT2D eigenvalue weighted by Gasteiger charge is -2.11. The summed E-state index contributed by atoms with van der Waals surface area (Å²) in [6.45, 7) is 0.0955. The SMILES string of the molecule is OCc1ccc2c(ccc3c2ccc2cccc(CO)c23)c1. The summed E-state index contributed by atoms with van der Waals surface area (Å²) in [4.78, 5) is 0. The van der Waals surface area contributed by atoms with Crippen molar-refractivity contribution in [3.8, 4) is 0 Å². The van der Waals surface area contributed by atoms with E-state index >= 15 is 0 Å². The molecule has 0 aromatic heterocycles. The molecule has 4 aromatic carbocycles. The standard InChI is InChI=1S/C20H16O2/c21-11-13-4-7-17-15(10-13)6-9-19-18(17)8-5-14-2-1-3-16(12-22)20(14)19/h1-10,21-22H,11-12H2. The number of aliphatic hydroxyl groups excluding tert-OH is 2. The monoisotopic (exact) mass is 288 g/mol. The maximum atomic E-state index is 9.65. The Bertz CT molecular complexity index is 1000. The van der Waals surface area contributed by atoms with Gasteiger partial charge in [0.25, 0.3) is 0 Å². The van der Waals surface area contributed by atoms with Crippen LogP contribution in [0.5, 0.6) is 0 Å². The van der Waals surface area contributed by atoms with Gasteiger partial charge < -0.3 is 10.2 Å². The molecule has 0 heterocycles. The minimum Gasteiger partial charge on any atom is -0.392 e. The summed E-state index contributed by atoms with van der Waals surface area (Å²) < 4.78 is 0. The summed E-state index contributed by atoms with van der Waals surface area (Å²) in [7, 11) is 0. The van der Waals surface area contributed by atoms with Gasteiger partial charge in [-0.3, -0.25) is 0 Å². The molecule has 22 heavy (non-hydrogen) atoms. The van der Waals surface area contributed by atoms with E-state index in [1.54, 1.807) is 0 Å². The van der Waals surface area contributed by atoms with Crippen molar-refractivity contribution in [2.24, 2.45) is 0 Å². The fourth-order valence-electron chi connectivity index (χ4n) is 3.29. The zero-order valence-corrected chi connectivity index (χ0v) is 12.1. The van der Waals surface area contributed by atoms with Crippen LogP contribution < -0.4 is 0 Å². The van der Waals surface area contributed by atoms with Gasteiger partial charge in [0.05, 0.1) is 13.2 Å². The molecule has 0 aliphatic heterocycles. The van der Waals surface area contributed by atoms with E-state index in [1.807, 2.05) is 24.3 Å². The number of rotatable bonds is 2. The molecule has 0 saturated heterocycles. The molecule has 2 N–H and O–H groups in total. The van der Waals surface area contributed by atoms with Crippen molar-refractivity contribution >= 4 is 32.3 Å². The second-order valence-corrected chi connectivity index (χ2v) is 5.61. The Morgan fingerprint density at radius 3 is 2.23 bits per heavy atom. The summed E-state index contributed by atoms with van der Waals surface area (Å²) in [6, 6.07) is 20.5. The van der Waals surface area contributed by atoms with Crippen molar-refractivity contribution in [1.82, 2.24) is 0 Å². The third kappa shape index (κ3) is 1.89. The molecule has 4 rings (SSSR count). The molecule has 0 atom stereocenters. The van der Waals surface area contributed by atoms with Gasteiger partial charge in [0.15, 0.2) is 0 Å². The van der Waals surface area contributed by atoms with Gasteiger partial charge in [-0.1, -0.05) is 54.6 Å². The van der Waals surface area contributed by atoms with Crippen molar-refractivity contribution in [2.75, 3.05) is 0 Å². The van der Waals surface area contributed by atoms with Crippen LogP contribution in [0.3, 0.4) is 0 Å². The Morgan fingerprint density at radius 1 is 0.636 bits per heavy atom. The lowest BCUT2D eigenvalue weighted by molar-refractivity contribution is 0.282. The average molecular weight is 288 g/mol. The molecule has 0 bridgehead atoms. The minimum atomic E-state index is 0.0396. The van der Waals surface area contributed by atoms with Crippen LogP contribution in [0.25, 0.3) is 32.3 Å². The molecule has 4 aromatic rings. The van der Waals surface area contributed by atoms with E-state index in [1.165, 1.54) is 10.8 Å². The van der Waals surface area contributed by atoms with Gasteiger partial charge in [0, 0.05) is 0 Å². The maximum absolute atomic E-state index is 9.65. The second kappa shape index (κ2) is 5.09. The van der Waals surface area contributed by atoms with Crippen LogP contribution in [-0.4, -0.2) is 10.2 Å². The van der Waals surface area contributed by atoms with Crippen molar-refractivity contribution in [1.29, 1.82) is 0 Å². The van der Waals surface area contributed by atoms with Gasteiger partial charge in [-0.05, 0) is 49.5 Å². The Hall–Kier alpha value is -2.42. The third-order valence-corrected chi connectivity index (χ3v) is 4.36. The molecule has 0 unspecified atom stereocenters.